The minimum absolute atomic E-state index is 0.177. The summed E-state index contributed by atoms with van der Waals surface area (Å²) in [4.78, 5) is 16.8. The molecule has 0 unspecified atom stereocenters. The molecule has 2 atom stereocenters. The van der Waals surface area contributed by atoms with Gasteiger partial charge in [-0.1, -0.05) is 6.07 Å². The van der Waals surface area contributed by atoms with Gasteiger partial charge >= 0.3 is 0 Å². The fourth-order valence-electron chi connectivity index (χ4n) is 2.67. The molecule has 2 heterocycles. The number of hydrogen-bond donors (Lipinski definition) is 1. The Balaban J connectivity index is 1.68. The summed E-state index contributed by atoms with van der Waals surface area (Å²) >= 11 is 0. The maximum atomic E-state index is 12.5. The van der Waals surface area contributed by atoms with E-state index in [-0.39, 0.29) is 22.9 Å². The van der Waals surface area contributed by atoms with E-state index >= 15 is 0 Å². The zero-order valence-corrected chi connectivity index (χ0v) is 15.1. The lowest BCUT2D eigenvalue weighted by Crippen LogP contribution is -2.51. The number of benzene rings is 1. The summed E-state index contributed by atoms with van der Waals surface area (Å²) in [5, 5.41) is 2.94. The Bertz CT molecular complexity index is 853. The van der Waals surface area contributed by atoms with Crippen molar-refractivity contribution in [1.29, 1.82) is 0 Å². The molecule has 1 aromatic carbocycles. The van der Waals surface area contributed by atoms with Gasteiger partial charge in [0.2, 0.25) is 5.88 Å². The highest BCUT2D eigenvalue weighted by molar-refractivity contribution is 7.90. The number of aromatic nitrogens is 1. The molecule has 1 amide bonds. The largest absolute Gasteiger partial charge is 0.470 e. The van der Waals surface area contributed by atoms with Crippen molar-refractivity contribution >= 4 is 15.7 Å². The van der Waals surface area contributed by atoms with Gasteiger partial charge in [-0.2, -0.15) is 0 Å². The van der Waals surface area contributed by atoms with Gasteiger partial charge in [0.05, 0.1) is 17.5 Å². The highest BCUT2D eigenvalue weighted by Crippen LogP contribution is 2.16. The molecule has 3 rings (SSSR count). The Hall–Kier alpha value is -2.45. The maximum Gasteiger partial charge on any atom is 0.251 e. The van der Waals surface area contributed by atoms with Crippen LogP contribution in [-0.2, 0) is 14.6 Å². The molecule has 7 nitrogen and oxygen atoms in total. The first kappa shape index (κ1) is 18.3. The number of sulfone groups is 1. The van der Waals surface area contributed by atoms with Crippen LogP contribution in [0.15, 0.2) is 53.6 Å². The first-order valence-electron chi connectivity index (χ1n) is 8.20. The fourth-order valence-corrected chi connectivity index (χ4v) is 3.30. The molecule has 0 aliphatic carbocycles. The summed E-state index contributed by atoms with van der Waals surface area (Å²) < 4.78 is 34.3. The van der Waals surface area contributed by atoms with Crippen molar-refractivity contribution in [3.05, 3.63) is 54.2 Å². The van der Waals surface area contributed by atoms with E-state index in [4.69, 9.17) is 9.47 Å². The third kappa shape index (κ3) is 4.59. The molecule has 0 spiro atoms. The van der Waals surface area contributed by atoms with E-state index in [9.17, 15) is 13.2 Å². The summed E-state index contributed by atoms with van der Waals surface area (Å²) in [5.74, 6) is 0.186. The number of pyridine rings is 1. The Morgan fingerprint density at radius 3 is 2.65 bits per heavy atom. The van der Waals surface area contributed by atoms with E-state index in [1.807, 2.05) is 6.07 Å². The Morgan fingerprint density at radius 2 is 2.00 bits per heavy atom. The van der Waals surface area contributed by atoms with Crippen LogP contribution in [0, 0.1) is 0 Å². The molecular weight excluding hydrogens is 356 g/mol. The zero-order chi connectivity index (χ0) is 18.6. The molecule has 0 radical (unpaired) electrons. The van der Waals surface area contributed by atoms with E-state index in [0.29, 0.717) is 31.1 Å². The predicted octanol–water partition coefficient (Wildman–Crippen LogP) is 1.45. The molecule has 1 aliphatic rings. The van der Waals surface area contributed by atoms with Crippen molar-refractivity contribution in [2.75, 3.05) is 19.5 Å². The quantitative estimate of drug-likeness (QED) is 0.849. The van der Waals surface area contributed by atoms with Crippen molar-refractivity contribution in [3.8, 4) is 5.88 Å². The lowest BCUT2D eigenvalue weighted by Gasteiger charge is -2.32. The topological polar surface area (TPSA) is 94.6 Å². The number of amides is 1. The first-order chi connectivity index (χ1) is 12.4. The Labute approximate surface area is 152 Å². The lowest BCUT2D eigenvalue weighted by molar-refractivity contribution is -0.0152. The summed E-state index contributed by atoms with van der Waals surface area (Å²) in [6.07, 6.45) is 3.03. The average molecular weight is 376 g/mol. The smallest absolute Gasteiger partial charge is 0.251 e. The fraction of sp³-hybridized carbons (Fsp3) is 0.333. The van der Waals surface area contributed by atoms with Gasteiger partial charge in [-0.3, -0.25) is 4.79 Å². The first-order valence-corrected chi connectivity index (χ1v) is 10.1. The van der Waals surface area contributed by atoms with Gasteiger partial charge in [-0.05, 0) is 36.8 Å². The molecule has 26 heavy (non-hydrogen) atoms. The number of nitrogens with zero attached hydrogens (tertiary/aromatic N) is 1. The second-order valence-electron chi connectivity index (χ2n) is 6.06. The van der Waals surface area contributed by atoms with E-state index in [0.717, 1.165) is 6.26 Å². The molecular formula is C18H20N2O5S. The summed E-state index contributed by atoms with van der Waals surface area (Å²) in [6.45, 7) is 0.884. The lowest BCUT2D eigenvalue weighted by atomic mass is 10.1. The van der Waals surface area contributed by atoms with Gasteiger partial charge in [0.25, 0.3) is 5.91 Å². The second-order valence-corrected chi connectivity index (χ2v) is 8.08. The molecule has 138 valence electrons. The third-order valence-electron chi connectivity index (χ3n) is 4.08. The van der Waals surface area contributed by atoms with Gasteiger partial charge < -0.3 is 14.8 Å². The van der Waals surface area contributed by atoms with Crippen molar-refractivity contribution in [2.24, 2.45) is 0 Å². The Kier molecular flexibility index (Phi) is 5.53. The monoisotopic (exact) mass is 376 g/mol. The normalized spacial score (nSPS) is 20.3. The number of hydrogen-bond acceptors (Lipinski definition) is 6. The van der Waals surface area contributed by atoms with Gasteiger partial charge in [-0.15, -0.1) is 0 Å². The van der Waals surface area contributed by atoms with E-state index < -0.39 is 9.84 Å². The predicted molar refractivity (Wildman–Crippen MR) is 94.9 cm³/mol. The van der Waals surface area contributed by atoms with E-state index in [2.05, 4.69) is 10.3 Å². The molecule has 0 bridgehead atoms. The van der Waals surface area contributed by atoms with Crippen LogP contribution >= 0.6 is 0 Å². The number of ether oxygens (including phenoxy) is 2. The standard InChI is InChI=1S/C18H20N2O5S/c1-26(22,23)14-7-5-13(6-8-14)18(21)20-15-9-11-24-12-16(15)25-17-4-2-3-10-19-17/h2-8,10,15-16H,9,11-12H2,1H3,(H,20,21)/t15-,16-/m1/s1. The van der Waals surface area contributed by atoms with Crippen molar-refractivity contribution in [3.63, 3.8) is 0 Å². The number of rotatable bonds is 5. The van der Waals surface area contributed by atoms with Crippen molar-refractivity contribution < 1.29 is 22.7 Å². The van der Waals surface area contributed by atoms with Crippen LogP contribution < -0.4 is 10.1 Å². The maximum absolute atomic E-state index is 12.5. The summed E-state index contributed by atoms with van der Waals surface area (Å²) in [7, 11) is -3.29. The number of nitrogens with one attached hydrogen (secondary N) is 1. The number of carbonyl (C=O) groups is 1. The minimum atomic E-state index is -3.29. The van der Waals surface area contributed by atoms with E-state index in [1.54, 1.807) is 18.3 Å². The van der Waals surface area contributed by atoms with Gasteiger partial charge in [-0.25, -0.2) is 13.4 Å². The molecule has 1 fully saturated rings. The van der Waals surface area contributed by atoms with Crippen LogP contribution in [0.4, 0.5) is 0 Å². The minimum Gasteiger partial charge on any atom is -0.470 e. The number of carbonyl (C=O) groups excluding carboxylic acids is 1. The van der Waals surface area contributed by atoms with Crippen LogP contribution in [0.2, 0.25) is 0 Å². The summed E-state index contributed by atoms with van der Waals surface area (Å²) in [5.41, 5.74) is 0.389. The molecule has 8 heteroatoms. The third-order valence-corrected chi connectivity index (χ3v) is 5.20. The molecule has 2 aromatic rings. The molecule has 0 saturated carbocycles. The Morgan fingerprint density at radius 1 is 1.23 bits per heavy atom. The second kappa shape index (κ2) is 7.84. The summed E-state index contributed by atoms with van der Waals surface area (Å²) in [6, 6.07) is 11.0. The van der Waals surface area contributed by atoms with Crippen LogP contribution in [0.1, 0.15) is 16.8 Å². The van der Waals surface area contributed by atoms with Crippen LogP contribution in [0.25, 0.3) is 0 Å². The average Bonchev–Trinajstić information content (AvgIpc) is 2.63. The highest BCUT2D eigenvalue weighted by Gasteiger charge is 2.29. The van der Waals surface area contributed by atoms with Crippen LogP contribution in [-0.4, -0.2) is 50.9 Å². The van der Waals surface area contributed by atoms with Crippen molar-refractivity contribution in [2.45, 2.75) is 23.5 Å². The molecule has 1 saturated heterocycles. The SMILES string of the molecule is CS(=O)(=O)c1ccc(C(=O)N[C@@H]2CCOC[C@H]2Oc2ccccn2)cc1. The molecule has 1 aromatic heterocycles. The van der Waals surface area contributed by atoms with Gasteiger partial charge in [0.15, 0.2) is 9.84 Å². The molecule has 1 N–H and O–H groups in total. The van der Waals surface area contributed by atoms with Gasteiger partial charge in [0, 0.05) is 30.7 Å². The highest BCUT2D eigenvalue weighted by atomic mass is 32.2. The van der Waals surface area contributed by atoms with Crippen LogP contribution in [0.5, 0.6) is 5.88 Å². The zero-order valence-electron chi connectivity index (χ0n) is 14.3. The molecule has 1 aliphatic heterocycles. The van der Waals surface area contributed by atoms with Crippen LogP contribution in [0.3, 0.4) is 0 Å². The van der Waals surface area contributed by atoms with Gasteiger partial charge in [0.1, 0.15) is 6.10 Å². The van der Waals surface area contributed by atoms with E-state index in [1.165, 1.54) is 24.3 Å². The van der Waals surface area contributed by atoms with Crippen molar-refractivity contribution in [1.82, 2.24) is 10.3 Å².